The molecule has 0 spiro atoms. The van der Waals surface area contributed by atoms with E-state index in [9.17, 15) is 13.2 Å². The Bertz CT molecular complexity index is 373. The Morgan fingerprint density at radius 2 is 1.72 bits per heavy atom. The second-order valence-electron chi connectivity index (χ2n) is 5.02. The SMILES string of the molecule is NCC1(C(=O)NCCS(N)(=O)=O)CCCCCC1. The van der Waals surface area contributed by atoms with Gasteiger partial charge in [-0.1, -0.05) is 25.7 Å². The van der Waals surface area contributed by atoms with Gasteiger partial charge in [0.15, 0.2) is 0 Å². The van der Waals surface area contributed by atoms with E-state index >= 15 is 0 Å². The van der Waals surface area contributed by atoms with E-state index in [1.165, 1.54) is 0 Å². The molecule has 7 heteroatoms. The van der Waals surface area contributed by atoms with Crippen LogP contribution in [-0.2, 0) is 14.8 Å². The van der Waals surface area contributed by atoms with E-state index in [-0.39, 0.29) is 18.2 Å². The monoisotopic (exact) mass is 277 g/mol. The lowest BCUT2D eigenvalue weighted by atomic mass is 9.79. The van der Waals surface area contributed by atoms with Gasteiger partial charge in [-0.25, -0.2) is 13.6 Å². The van der Waals surface area contributed by atoms with Crippen LogP contribution in [-0.4, -0.2) is 33.2 Å². The van der Waals surface area contributed by atoms with Crippen LogP contribution in [0.5, 0.6) is 0 Å². The Balaban J connectivity index is 2.55. The van der Waals surface area contributed by atoms with Crippen molar-refractivity contribution in [2.75, 3.05) is 18.8 Å². The maximum atomic E-state index is 12.2. The van der Waals surface area contributed by atoms with Gasteiger partial charge in [0, 0.05) is 13.1 Å². The highest BCUT2D eigenvalue weighted by molar-refractivity contribution is 7.89. The lowest BCUT2D eigenvalue weighted by Crippen LogP contribution is -2.47. The molecule has 0 aromatic rings. The molecule has 1 saturated carbocycles. The first kappa shape index (κ1) is 15.4. The molecule has 0 radical (unpaired) electrons. The topological polar surface area (TPSA) is 115 Å². The molecule has 1 fully saturated rings. The third-order valence-corrected chi connectivity index (χ3v) is 4.38. The number of sulfonamides is 1. The molecular weight excluding hydrogens is 254 g/mol. The molecule has 0 saturated heterocycles. The average molecular weight is 277 g/mol. The fourth-order valence-electron chi connectivity index (χ4n) is 2.42. The highest BCUT2D eigenvalue weighted by atomic mass is 32.2. The molecule has 0 aromatic heterocycles. The van der Waals surface area contributed by atoms with Crippen LogP contribution >= 0.6 is 0 Å². The van der Waals surface area contributed by atoms with E-state index in [0.29, 0.717) is 6.54 Å². The summed E-state index contributed by atoms with van der Waals surface area (Å²) in [6.45, 7) is 0.369. The summed E-state index contributed by atoms with van der Waals surface area (Å²) < 4.78 is 21.6. The van der Waals surface area contributed by atoms with Crippen molar-refractivity contribution >= 4 is 15.9 Å². The van der Waals surface area contributed by atoms with Gasteiger partial charge < -0.3 is 11.1 Å². The molecule has 0 heterocycles. The summed E-state index contributed by atoms with van der Waals surface area (Å²) in [6, 6.07) is 0. The van der Waals surface area contributed by atoms with Crippen LogP contribution in [0.15, 0.2) is 0 Å². The molecule has 0 unspecified atom stereocenters. The number of carbonyl (C=O) groups is 1. The van der Waals surface area contributed by atoms with Crippen molar-refractivity contribution in [2.24, 2.45) is 16.3 Å². The van der Waals surface area contributed by atoms with Crippen LogP contribution in [0, 0.1) is 5.41 Å². The number of carbonyl (C=O) groups excluding carboxylic acids is 1. The number of nitrogens with two attached hydrogens (primary N) is 2. The normalized spacial score (nSPS) is 20.1. The Labute approximate surface area is 109 Å². The average Bonchev–Trinajstić information content (AvgIpc) is 2.53. The van der Waals surface area contributed by atoms with Gasteiger partial charge in [-0.2, -0.15) is 0 Å². The fourth-order valence-corrected chi connectivity index (χ4v) is 2.81. The molecule has 1 aliphatic rings. The minimum atomic E-state index is -3.53. The summed E-state index contributed by atoms with van der Waals surface area (Å²) >= 11 is 0. The van der Waals surface area contributed by atoms with Crippen LogP contribution in [0.3, 0.4) is 0 Å². The van der Waals surface area contributed by atoms with Crippen LogP contribution in [0.1, 0.15) is 38.5 Å². The van der Waals surface area contributed by atoms with Crippen molar-refractivity contribution < 1.29 is 13.2 Å². The zero-order chi connectivity index (χ0) is 13.6. The maximum Gasteiger partial charge on any atom is 0.227 e. The quantitative estimate of drug-likeness (QED) is 0.598. The zero-order valence-electron chi connectivity index (χ0n) is 10.7. The van der Waals surface area contributed by atoms with Gasteiger partial charge >= 0.3 is 0 Å². The van der Waals surface area contributed by atoms with E-state index in [4.69, 9.17) is 10.9 Å². The van der Waals surface area contributed by atoms with Crippen molar-refractivity contribution in [1.82, 2.24) is 5.32 Å². The van der Waals surface area contributed by atoms with Crippen LogP contribution in [0.25, 0.3) is 0 Å². The molecule has 0 atom stereocenters. The number of primary sulfonamides is 1. The summed E-state index contributed by atoms with van der Waals surface area (Å²) in [5.74, 6) is -0.366. The molecule has 5 N–H and O–H groups in total. The van der Waals surface area contributed by atoms with Gasteiger partial charge in [0.05, 0.1) is 11.2 Å². The van der Waals surface area contributed by atoms with Crippen LogP contribution in [0.4, 0.5) is 0 Å². The molecule has 106 valence electrons. The number of hydrogen-bond donors (Lipinski definition) is 3. The lowest BCUT2D eigenvalue weighted by Gasteiger charge is -2.29. The van der Waals surface area contributed by atoms with Gasteiger partial charge in [-0.05, 0) is 12.8 Å². The van der Waals surface area contributed by atoms with Crippen molar-refractivity contribution in [1.29, 1.82) is 0 Å². The summed E-state index contributed by atoms with van der Waals surface area (Å²) in [7, 11) is -3.53. The van der Waals surface area contributed by atoms with Crippen molar-refractivity contribution in [3.05, 3.63) is 0 Å². The number of hydrogen-bond acceptors (Lipinski definition) is 4. The van der Waals surface area contributed by atoms with Crippen LogP contribution in [0.2, 0.25) is 0 Å². The van der Waals surface area contributed by atoms with Gasteiger partial charge in [0.25, 0.3) is 0 Å². The predicted octanol–water partition coefficient (Wildman–Crippen LogP) is -0.310. The summed E-state index contributed by atoms with van der Waals surface area (Å²) in [5, 5.41) is 7.54. The zero-order valence-corrected chi connectivity index (χ0v) is 11.5. The van der Waals surface area contributed by atoms with Crippen LogP contribution < -0.4 is 16.2 Å². The van der Waals surface area contributed by atoms with Gasteiger partial charge in [-0.15, -0.1) is 0 Å². The van der Waals surface area contributed by atoms with E-state index < -0.39 is 15.4 Å². The first-order valence-electron chi connectivity index (χ1n) is 6.38. The Morgan fingerprint density at radius 3 is 2.17 bits per heavy atom. The minimum absolute atomic E-state index is 0.0550. The minimum Gasteiger partial charge on any atom is -0.355 e. The molecule has 0 bridgehead atoms. The van der Waals surface area contributed by atoms with Gasteiger partial charge in [0.1, 0.15) is 0 Å². The van der Waals surface area contributed by atoms with E-state index in [0.717, 1.165) is 38.5 Å². The van der Waals surface area contributed by atoms with E-state index in [1.54, 1.807) is 0 Å². The largest absolute Gasteiger partial charge is 0.355 e. The molecule has 0 aromatic carbocycles. The Morgan fingerprint density at radius 1 is 1.17 bits per heavy atom. The third-order valence-electron chi connectivity index (χ3n) is 3.61. The highest BCUT2D eigenvalue weighted by Crippen LogP contribution is 2.34. The fraction of sp³-hybridized carbons (Fsp3) is 0.909. The van der Waals surface area contributed by atoms with Crippen molar-refractivity contribution in [3.63, 3.8) is 0 Å². The van der Waals surface area contributed by atoms with Crippen molar-refractivity contribution in [2.45, 2.75) is 38.5 Å². The second kappa shape index (κ2) is 6.49. The molecule has 0 aliphatic heterocycles. The standard InChI is InChI=1S/C11H23N3O3S/c12-9-11(5-3-1-2-4-6-11)10(15)14-7-8-18(13,16)17/h1-9,12H2,(H,14,15)(H2,13,16,17). The molecular formula is C11H23N3O3S. The number of nitrogens with one attached hydrogen (secondary N) is 1. The summed E-state index contributed by atoms with van der Waals surface area (Å²) in [6.07, 6.45) is 5.83. The maximum absolute atomic E-state index is 12.2. The Kier molecular flexibility index (Phi) is 5.55. The molecule has 1 rings (SSSR count). The first-order chi connectivity index (χ1) is 8.40. The lowest BCUT2D eigenvalue weighted by molar-refractivity contribution is -0.131. The first-order valence-corrected chi connectivity index (χ1v) is 8.10. The molecule has 1 amide bonds. The van der Waals surface area contributed by atoms with E-state index in [2.05, 4.69) is 5.32 Å². The number of amides is 1. The summed E-state index contributed by atoms with van der Waals surface area (Å²) in [5.41, 5.74) is 5.24. The highest BCUT2D eigenvalue weighted by Gasteiger charge is 2.36. The molecule has 6 nitrogen and oxygen atoms in total. The molecule has 1 aliphatic carbocycles. The molecule has 18 heavy (non-hydrogen) atoms. The Hall–Kier alpha value is -0.660. The van der Waals surface area contributed by atoms with Gasteiger partial charge in [0.2, 0.25) is 15.9 Å². The van der Waals surface area contributed by atoms with Crippen molar-refractivity contribution in [3.8, 4) is 0 Å². The second-order valence-corrected chi connectivity index (χ2v) is 6.76. The predicted molar refractivity (Wildman–Crippen MR) is 70.2 cm³/mol. The number of rotatable bonds is 5. The van der Waals surface area contributed by atoms with Gasteiger partial charge in [-0.3, -0.25) is 4.79 Å². The smallest absolute Gasteiger partial charge is 0.227 e. The summed E-state index contributed by atoms with van der Waals surface area (Å²) in [4.78, 5) is 12.2. The third kappa shape index (κ3) is 4.55. The van der Waals surface area contributed by atoms with E-state index in [1.807, 2.05) is 0 Å².